The lowest BCUT2D eigenvalue weighted by Gasteiger charge is -2.10. The van der Waals surface area contributed by atoms with Gasteiger partial charge in [-0.15, -0.1) is 0 Å². The van der Waals surface area contributed by atoms with E-state index < -0.39 is 5.91 Å². The van der Waals surface area contributed by atoms with Gasteiger partial charge in [-0.1, -0.05) is 72.3 Å². The molecule has 0 spiro atoms. The van der Waals surface area contributed by atoms with Crippen molar-refractivity contribution in [3.63, 3.8) is 0 Å². The van der Waals surface area contributed by atoms with Gasteiger partial charge in [0.15, 0.2) is 0 Å². The first-order valence-corrected chi connectivity index (χ1v) is 10.6. The number of hydrogen-bond donors (Lipinski definition) is 2. The summed E-state index contributed by atoms with van der Waals surface area (Å²) in [6.07, 6.45) is 5.16. The maximum atomic E-state index is 12.4. The Balaban J connectivity index is 1.38. The Morgan fingerprint density at radius 3 is 2.61 bits per heavy atom. The number of aromatic amines is 1. The SMILES string of the molecule is O=C(NN=CC=Cc1ccccc1)c1cc(-c2ccccc2OCc2ccc(Cl)cc2)n[nH]1. The fourth-order valence-electron chi connectivity index (χ4n) is 3.04. The lowest BCUT2D eigenvalue weighted by Crippen LogP contribution is -2.17. The van der Waals surface area contributed by atoms with Crippen molar-refractivity contribution >= 4 is 29.8 Å². The van der Waals surface area contributed by atoms with Gasteiger partial charge >= 0.3 is 0 Å². The maximum Gasteiger partial charge on any atom is 0.289 e. The fraction of sp³-hybridized carbons (Fsp3) is 0.0385. The third-order valence-corrected chi connectivity index (χ3v) is 4.96. The van der Waals surface area contributed by atoms with E-state index in [0.29, 0.717) is 28.8 Å². The van der Waals surface area contributed by atoms with Crippen LogP contribution in [0.15, 0.2) is 96.1 Å². The van der Waals surface area contributed by atoms with Gasteiger partial charge in [-0.05, 0) is 47.5 Å². The Labute approximate surface area is 196 Å². The van der Waals surface area contributed by atoms with E-state index in [0.717, 1.165) is 16.7 Å². The quantitative estimate of drug-likeness (QED) is 0.262. The van der Waals surface area contributed by atoms with Gasteiger partial charge < -0.3 is 4.74 Å². The molecule has 0 aliphatic rings. The molecule has 0 saturated carbocycles. The van der Waals surface area contributed by atoms with Gasteiger partial charge in [0.2, 0.25) is 0 Å². The van der Waals surface area contributed by atoms with Crippen molar-refractivity contribution in [1.82, 2.24) is 15.6 Å². The van der Waals surface area contributed by atoms with Gasteiger partial charge in [-0.2, -0.15) is 10.2 Å². The molecule has 0 fully saturated rings. The highest BCUT2D eigenvalue weighted by Gasteiger charge is 2.13. The molecule has 1 heterocycles. The van der Waals surface area contributed by atoms with Crippen LogP contribution in [0.3, 0.4) is 0 Å². The summed E-state index contributed by atoms with van der Waals surface area (Å²) < 4.78 is 5.99. The average Bonchev–Trinajstić information content (AvgIpc) is 3.35. The number of H-pyrrole nitrogens is 1. The van der Waals surface area contributed by atoms with Crippen LogP contribution in [0.5, 0.6) is 5.75 Å². The number of hydrazone groups is 1. The van der Waals surface area contributed by atoms with Crippen molar-refractivity contribution in [2.75, 3.05) is 0 Å². The monoisotopic (exact) mass is 456 g/mol. The molecule has 6 nitrogen and oxygen atoms in total. The number of benzene rings is 3. The Morgan fingerprint density at radius 1 is 1.03 bits per heavy atom. The van der Waals surface area contributed by atoms with Crippen LogP contribution in [0.4, 0.5) is 0 Å². The van der Waals surface area contributed by atoms with Crippen molar-refractivity contribution in [2.45, 2.75) is 6.61 Å². The van der Waals surface area contributed by atoms with E-state index in [-0.39, 0.29) is 0 Å². The van der Waals surface area contributed by atoms with E-state index >= 15 is 0 Å². The second kappa shape index (κ2) is 10.9. The van der Waals surface area contributed by atoms with Crippen LogP contribution in [-0.2, 0) is 6.61 Å². The molecule has 3 aromatic carbocycles. The molecule has 0 bridgehead atoms. The standard InChI is InChI=1S/C26H21ClN4O2/c27-21-14-12-20(13-15-21)18-33-25-11-5-4-10-22(25)23-17-24(30-29-23)26(32)31-28-16-6-9-19-7-2-1-3-8-19/h1-17H,18H2,(H,29,30)(H,31,32). The summed E-state index contributed by atoms with van der Waals surface area (Å²) in [5.74, 6) is 0.271. The van der Waals surface area contributed by atoms with E-state index in [1.165, 1.54) is 6.21 Å². The first-order valence-electron chi connectivity index (χ1n) is 10.3. The second-order valence-corrected chi connectivity index (χ2v) is 7.50. The zero-order valence-electron chi connectivity index (χ0n) is 17.6. The first-order chi connectivity index (χ1) is 16.2. The number of hydrogen-bond acceptors (Lipinski definition) is 4. The van der Waals surface area contributed by atoms with Crippen LogP contribution in [0.1, 0.15) is 21.6 Å². The molecule has 0 aliphatic carbocycles. The molecule has 0 atom stereocenters. The summed E-state index contributed by atoms with van der Waals surface area (Å²) in [5, 5.41) is 11.6. The third kappa shape index (κ3) is 6.18. The van der Waals surface area contributed by atoms with Crippen LogP contribution in [-0.4, -0.2) is 22.3 Å². The van der Waals surface area contributed by atoms with Crippen LogP contribution < -0.4 is 10.2 Å². The van der Waals surface area contributed by atoms with E-state index in [1.807, 2.05) is 84.9 Å². The molecule has 1 amide bonds. The Morgan fingerprint density at radius 2 is 1.79 bits per heavy atom. The lowest BCUT2D eigenvalue weighted by atomic mass is 10.1. The predicted molar refractivity (Wildman–Crippen MR) is 131 cm³/mol. The smallest absolute Gasteiger partial charge is 0.289 e. The molecule has 7 heteroatoms. The topological polar surface area (TPSA) is 79.4 Å². The highest BCUT2D eigenvalue weighted by Crippen LogP contribution is 2.29. The summed E-state index contributed by atoms with van der Waals surface area (Å²) in [7, 11) is 0. The van der Waals surface area contributed by atoms with Crippen LogP contribution in [0, 0.1) is 0 Å². The van der Waals surface area contributed by atoms with Gasteiger partial charge in [0.05, 0.1) is 5.69 Å². The number of nitrogens with one attached hydrogen (secondary N) is 2. The average molecular weight is 457 g/mol. The summed E-state index contributed by atoms with van der Waals surface area (Å²) in [6, 6.07) is 26.5. The minimum atomic E-state index is -0.391. The number of amides is 1. The Hall–Kier alpha value is -4.16. The summed E-state index contributed by atoms with van der Waals surface area (Å²) in [4.78, 5) is 12.4. The van der Waals surface area contributed by atoms with E-state index in [9.17, 15) is 4.79 Å². The highest BCUT2D eigenvalue weighted by atomic mass is 35.5. The molecule has 4 rings (SSSR count). The normalized spacial score (nSPS) is 11.2. The van der Waals surface area contributed by atoms with E-state index in [2.05, 4.69) is 20.7 Å². The molecule has 1 aromatic heterocycles. The van der Waals surface area contributed by atoms with Crippen molar-refractivity contribution in [2.24, 2.45) is 5.10 Å². The number of ether oxygens (including phenoxy) is 1. The van der Waals surface area contributed by atoms with Crippen molar-refractivity contribution in [3.05, 3.63) is 113 Å². The number of nitrogens with zero attached hydrogens (tertiary/aromatic N) is 2. The van der Waals surface area contributed by atoms with Crippen LogP contribution in [0.25, 0.3) is 17.3 Å². The number of para-hydroxylation sites is 1. The molecule has 0 aliphatic heterocycles. The van der Waals surface area contributed by atoms with Crippen LogP contribution in [0.2, 0.25) is 5.02 Å². The molecule has 164 valence electrons. The largest absolute Gasteiger partial charge is 0.488 e. The molecule has 0 radical (unpaired) electrons. The second-order valence-electron chi connectivity index (χ2n) is 7.07. The Kier molecular flexibility index (Phi) is 7.30. The first kappa shape index (κ1) is 22.0. The lowest BCUT2D eigenvalue weighted by molar-refractivity contribution is 0.0950. The minimum absolute atomic E-state index is 0.293. The number of halogens is 1. The zero-order chi connectivity index (χ0) is 22.9. The molecule has 0 saturated heterocycles. The van der Waals surface area contributed by atoms with Crippen LogP contribution >= 0.6 is 11.6 Å². The predicted octanol–water partition coefficient (Wildman–Crippen LogP) is 5.74. The van der Waals surface area contributed by atoms with Gasteiger partial charge in [0.25, 0.3) is 5.91 Å². The number of carbonyl (C=O) groups excluding carboxylic acids is 1. The number of allylic oxidation sites excluding steroid dienone is 1. The van der Waals surface area contributed by atoms with Gasteiger partial charge in [-0.25, -0.2) is 5.43 Å². The number of aromatic nitrogens is 2. The number of carbonyl (C=O) groups is 1. The van der Waals surface area contributed by atoms with Gasteiger partial charge in [0.1, 0.15) is 18.1 Å². The molecule has 0 unspecified atom stereocenters. The molecule has 2 N–H and O–H groups in total. The molecular weight excluding hydrogens is 436 g/mol. The van der Waals surface area contributed by atoms with Crippen molar-refractivity contribution in [3.8, 4) is 17.0 Å². The van der Waals surface area contributed by atoms with Crippen molar-refractivity contribution < 1.29 is 9.53 Å². The van der Waals surface area contributed by atoms with Gasteiger partial charge in [-0.3, -0.25) is 9.89 Å². The number of rotatable bonds is 8. The zero-order valence-corrected chi connectivity index (χ0v) is 18.4. The van der Waals surface area contributed by atoms with Crippen molar-refractivity contribution in [1.29, 1.82) is 0 Å². The summed E-state index contributed by atoms with van der Waals surface area (Å²) >= 11 is 5.94. The summed E-state index contributed by atoms with van der Waals surface area (Å²) in [5.41, 5.74) is 6.19. The highest BCUT2D eigenvalue weighted by molar-refractivity contribution is 6.30. The summed E-state index contributed by atoms with van der Waals surface area (Å²) in [6.45, 7) is 0.386. The third-order valence-electron chi connectivity index (χ3n) is 4.71. The fourth-order valence-corrected chi connectivity index (χ4v) is 3.17. The molecule has 33 heavy (non-hydrogen) atoms. The van der Waals surface area contributed by atoms with E-state index in [4.69, 9.17) is 16.3 Å². The van der Waals surface area contributed by atoms with E-state index in [1.54, 1.807) is 12.1 Å². The Bertz CT molecular complexity index is 1260. The van der Waals surface area contributed by atoms with Gasteiger partial charge in [0, 0.05) is 16.8 Å². The molecular formula is C26H21ClN4O2. The maximum absolute atomic E-state index is 12.4. The molecule has 4 aromatic rings. The minimum Gasteiger partial charge on any atom is -0.488 e.